The van der Waals surface area contributed by atoms with Crippen LogP contribution in [-0.4, -0.2) is 11.5 Å². The van der Waals surface area contributed by atoms with Gasteiger partial charge in [-0.05, 0) is 44.9 Å². The van der Waals surface area contributed by atoms with E-state index in [1.54, 1.807) is 0 Å². The molecular weight excluding hydrogens is 373 g/mol. The molecule has 0 saturated heterocycles. The largest absolute Gasteiger partial charge is 1.00 e. The third-order valence-electron chi connectivity index (χ3n) is 5.21. The van der Waals surface area contributed by atoms with Crippen molar-refractivity contribution in [2.24, 2.45) is 5.73 Å². The monoisotopic (exact) mass is 417 g/mol. The van der Waals surface area contributed by atoms with Crippen LogP contribution in [0.3, 0.4) is 0 Å². The molecule has 28 heavy (non-hydrogen) atoms. The Labute approximate surface area is 217 Å². The van der Waals surface area contributed by atoms with E-state index in [1.807, 2.05) is 0 Å². The van der Waals surface area contributed by atoms with Crippen LogP contribution in [0.4, 0.5) is 0 Å². The van der Waals surface area contributed by atoms with Crippen LogP contribution in [-0.2, 0) is 4.79 Å². The number of aliphatic carboxylic acids is 1. The maximum absolute atomic E-state index is 11.3. The van der Waals surface area contributed by atoms with Crippen LogP contribution in [0, 0.1) is 0 Å². The van der Waals surface area contributed by atoms with Gasteiger partial charge in [0, 0.05) is 0 Å². The number of nitrogens with two attached hydrogens (primary N) is 1. The first-order valence-corrected chi connectivity index (χ1v) is 11.4. The summed E-state index contributed by atoms with van der Waals surface area (Å²) in [5, 5.41) is 11.3. The number of carbonyl (C=O) groups excluding carboxylic acids is 1. The molecule has 0 radical (unpaired) electrons. The van der Waals surface area contributed by atoms with Crippen molar-refractivity contribution >= 4 is 5.97 Å². The molecule has 0 saturated carbocycles. The van der Waals surface area contributed by atoms with E-state index in [-0.39, 0.29) is 51.4 Å². The summed E-state index contributed by atoms with van der Waals surface area (Å²) in [4.78, 5) is 11.3. The van der Waals surface area contributed by atoms with Crippen molar-refractivity contribution < 1.29 is 61.3 Å². The van der Waals surface area contributed by atoms with Gasteiger partial charge in [-0.2, -0.15) is 0 Å². The van der Waals surface area contributed by atoms with E-state index in [2.05, 4.69) is 38.2 Å². The summed E-state index contributed by atoms with van der Waals surface area (Å²) in [6.07, 6.45) is 26.3. The smallest absolute Gasteiger partial charge is 0.548 e. The zero-order valence-electron chi connectivity index (χ0n) is 19.0. The Morgan fingerprint density at radius 2 is 1.21 bits per heavy atom. The van der Waals surface area contributed by atoms with Crippen molar-refractivity contribution in [2.75, 3.05) is 0 Å². The molecule has 0 aromatic carbocycles. The summed E-state index contributed by atoms with van der Waals surface area (Å²) in [5.41, 5.74) is 4.89. The molecule has 0 aromatic rings. The van der Waals surface area contributed by atoms with Crippen LogP contribution in [0.25, 0.3) is 0 Å². The predicted molar refractivity (Wildman–Crippen MR) is 115 cm³/mol. The van der Waals surface area contributed by atoms with E-state index in [1.165, 1.54) is 51.4 Å². The van der Waals surface area contributed by atoms with Crippen molar-refractivity contribution in [1.82, 2.24) is 0 Å². The quantitative estimate of drug-likeness (QED) is 0.200. The fraction of sp³-hybridized carbons (Fsp3) is 0.792. The second-order valence-electron chi connectivity index (χ2n) is 7.88. The fourth-order valence-electron chi connectivity index (χ4n) is 3.25. The van der Waals surface area contributed by atoms with Crippen molar-refractivity contribution in [3.8, 4) is 0 Å². The maximum Gasteiger partial charge on any atom is 1.00 e. The van der Waals surface area contributed by atoms with Gasteiger partial charge in [-0.15, -0.1) is 0 Å². The summed E-state index contributed by atoms with van der Waals surface area (Å²) in [6, 6.07) is 0. The van der Waals surface area contributed by atoms with E-state index in [0.29, 0.717) is 12.8 Å². The number of carboxylic acids is 1. The van der Waals surface area contributed by atoms with Crippen molar-refractivity contribution in [3.05, 3.63) is 24.3 Å². The van der Waals surface area contributed by atoms with Crippen LogP contribution in [0.2, 0.25) is 0 Å². The second kappa shape index (κ2) is 22.2. The molecule has 1 atom stereocenters. The molecule has 0 heterocycles. The van der Waals surface area contributed by atoms with Gasteiger partial charge in [0.15, 0.2) is 0 Å². The van der Waals surface area contributed by atoms with Crippen LogP contribution in [0.15, 0.2) is 24.3 Å². The molecule has 2 N–H and O–H groups in total. The topological polar surface area (TPSA) is 66.2 Å². The average Bonchev–Trinajstić information content (AvgIpc) is 2.66. The Morgan fingerprint density at radius 1 is 0.750 bits per heavy atom. The Kier molecular flexibility index (Phi) is 24.4. The summed E-state index contributed by atoms with van der Waals surface area (Å²) in [7, 11) is 0. The summed E-state index contributed by atoms with van der Waals surface area (Å²) in [5.74, 6) is -1.08. The third kappa shape index (κ3) is 18.6. The minimum absolute atomic E-state index is 0. The maximum atomic E-state index is 11.3. The van der Waals surface area contributed by atoms with Gasteiger partial charge in [0.2, 0.25) is 0 Å². The first-order valence-electron chi connectivity index (χ1n) is 11.4. The number of rotatable bonds is 19. The van der Waals surface area contributed by atoms with E-state index in [9.17, 15) is 9.90 Å². The molecule has 4 heteroatoms. The zero-order chi connectivity index (χ0) is 20.2. The van der Waals surface area contributed by atoms with E-state index < -0.39 is 11.5 Å². The molecule has 0 aliphatic rings. The van der Waals surface area contributed by atoms with Gasteiger partial charge in [-0.1, -0.05) is 95.9 Å². The standard InChI is InChI=1S/C24H45NO2.K/c1-3-5-7-8-9-10-11-12-13-14-15-16-17-18-19-20-22-24(25,23(26)27)21-6-4-2;/h9-10,12-13H,3-8,11,14-22,25H2,1-2H3,(H,26,27);/q;+1/p-1/b10-9-,13-12-;. The molecule has 0 spiro atoms. The van der Waals surface area contributed by atoms with Gasteiger partial charge in [0.25, 0.3) is 0 Å². The average molecular weight is 418 g/mol. The molecule has 0 aliphatic heterocycles. The van der Waals surface area contributed by atoms with Crippen molar-refractivity contribution in [3.63, 3.8) is 0 Å². The number of allylic oxidation sites excluding steroid dienone is 4. The minimum atomic E-state index is -1.12. The molecule has 0 bridgehead atoms. The van der Waals surface area contributed by atoms with E-state index in [4.69, 9.17) is 5.73 Å². The van der Waals surface area contributed by atoms with Gasteiger partial charge in [-0.3, -0.25) is 0 Å². The van der Waals surface area contributed by atoms with Crippen LogP contribution in [0.5, 0.6) is 0 Å². The Bertz CT molecular complexity index is 409. The number of carboxylic acid groups (broad SMARTS) is 1. The zero-order valence-corrected chi connectivity index (χ0v) is 22.1. The van der Waals surface area contributed by atoms with Crippen LogP contribution < -0.4 is 62.2 Å². The molecule has 0 aliphatic carbocycles. The molecule has 1 unspecified atom stereocenters. The fourth-order valence-corrected chi connectivity index (χ4v) is 3.25. The molecule has 0 aromatic heterocycles. The number of hydrogen-bond donors (Lipinski definition) is 1. The number of unbranched alkanes of at least 4 members (excludes halogenated alkanes) is 10. The first kappa shape index (κ1) is 30.7. The molecule has 0 rings (SSSR count). The predicted octanol–water partition coefficient (Wildman–Crippen LogP) is 2.83. The van der Waals surface area contributed by atoms with Gasteiger partial charge >= 0.3 is 51.4 Å². The van der Waals surface area contributed by atoms with E-state index in [0.717, 1.165) is 38.5 Å². The minimum Gasteiger partial charge on any atom is -0.548 e. The van der Waals surface area contributed by atoms with Crippen molar-refractivity contribution in [1.29, 1.82) is 0 Å². The summed E-state index contributed by atoms with van der Waals surface area (Å²) in [6.45, 7) is 4.29. The van der Waals surface area contributed by atoms with Gasteiger partial charge < -0.3 is 15.6 Å². The Balaban J connectivity index is 0. The first-order chi connectivity index (χ1) is 13.1. The molecule has 3 nitrogen and oxygen atoms in total. The SMILES string of the molecule is CCCCC/C=C\C/C=C\CCCCCCCCC(N)(CCCC)C(=O)[O-].[K+]. The molecule has 158 valence electrons. The summed E-state index contributed by atoms with van der Waals surface area (Å²) >= 11 is 0. The number of carbonyl (C=O) groups is 1. The van der Waals surface area contributed by atoms with Crippen LogP contribution in [0.1, 0.15) is 117 Å². The third-order valence-corrected chi connectivity index (χ3v) is 5.21. The van der Waals surface area contributed by atoms with E-state index >= 15 is 0 Å². The van der Waals surface area contributed by atoms with Gasteiger partial charge in [-0.25, -0.2) is 0 Å². The normalized spacial score (nSPS) is 13.7. The van der Waals surface area contributed by atoms with Gasteiger partial charge in [0.05, 0.1) is 11.5 Å². The Hall–Kier alpha value is 0.546. The number of hydrogen-bond acceptors (Lipinski definition) is 3. The summed E-state index contributed by atoms with van der Waals surface area (Å²) < 4.78 is 0. The molecule has 0 amide bonds. The molecular formula is C24H44KNO2. The van der Waals surface area contributed by atoms with Crippen LogP contribution >= 0.6 is 0 Å². The van der Waals surface area contributed by atoms with Gasteiger partial charge in [0.1, 0.15) is 0 Å². The molecule has 0 fully saturated rings. The van der Waals surface area contributed by atoms with Crippen molar-refractivity contribution in [2.45, 2.75) is 122 Å². The second-order valence-corrected chi connectivity index (χ2v) is 7.88. The Morgan fingerprint density at radius 3 is 1.75 bits per heavy atom.